The van der Waals surface area contributed by atoms with Gasteiger partial charge in [0.2, 0.25) is 0 Å². The predicted octanol–water partition coefficient (Wildman–Crippen LogP) is 3.48. The summed E-state index contributed by atoms with van der Waals surface area (Å²) in [4.78, 5) is 10.9. The normalized spacial score (nSPS) is 17.4. The molecule has 1 saturated carbocycles. The third-order valence-corrected chi connectivity index (χ3v) is 3.23. The van der Waals surface area contributed by atoms with Crippen molar-refractivity contribution in [3.63, 3.8) is 0 Å². The largest absolute Gasteiger partial charge is 0.478 e. The van der Waals surface area contributed by atoms with Crippen LogP contribution in [0.4, 0.5) is 4.39 Å². The molecule has 0 unspecified atom stereocenters. The molecule has 0 aromatic heterocycles. The third kappa shape index (κ3) is 2.93. The summed E-state index contributed by atoms with van der Waals surface area (Å²) in [7, 11) is 0. The molecule has 0 heterocycles. The van der Waals surface area contributed by atoms with Gasteiger partial charge in [0.05, 0.1) is 0 Å². The molecule has 2 nitrogen and oxygen atoms in total. The Morgan fingerprint density at radius 1 is 1.35 bits per heavy atom. The van der Waals surface area contributed by atoms with Gasteiger partial charge in [-0.05, 0) is 42.0 Å². The second-order valence-electron chi connectivity index (χ2n) is 4.43. The summed E-state index contributed by atoms with van der Waals surface area (Å²) >= 11 is 0. The number of halogens is 1. The number of carboxylic acids is 1. The molecule has 2 rings (SSSR count). The Morgan fingerprint density at radius 2 is 2.06 bits per heavy atom. The highest BCUT2D eigenvalue weighted by atomic mass is 19.1. The van der Waals surface area contributed by atoms with Crippen LogP contribution in [-0.2, 0) is 4.79 Å². The highest BCUT2D eigenvalue weighted by molar-refractivity contribution is 5.90. The minimum atomic E-state index is -0.962. The van der Waals surface area contributed by atoms with Gasteiger partial charge < -0.3 is 5.11 Å². The van der Waals surface area contributed by atoms with Crippen molar-refractivity contribution in [3.05, 3.63) is 41.7 Å². The summed E-state index contributed by atoms with van der Waals surface area (Å²) in [6.45, 7) is 0. The number of hydrogen-bond acceptors (Lipinski definition) is 1. The van der Waals surface area contributed by atoms with Crippen LogP contribution >= 0.6 is 0 Å². The van der Waals surface area contributed by atoms with E-state index in [1.807, 2.05) is 0 Å². The van der Waals surface area contributed by atoms with E-state index in [9.17, 15) is 9.18 Å². The lowest BCUT2D eigenvalue weighted by atomic mass is 9.91. The topological polar surface area (TPSA) is 37.3 Å². The Bertz CT molecular complexity index is 445. The second-order valence-corrected chi connectivity index (χ2v) is 4.43. The molecule has 0 radical (unpaired) electrons. The first-order chi connectivity index (χ1) is 8.16. The molecular weight excluding hydrogens is 219 g/mol. The van der Waals surface area contributed by atoms with Crippen LogP contribution in [0.15, 0.2) is 30.3 Å². The molecule has 1 aromatic rings. The quantitative estimate of drug-likeness (QED) is 0.813. The molecule has 1 aliphatic carbocycles. The van der Waals surface area contributed by atoms with Crippen LogP contribution in [0, 0.1) is 11.7 Å². The van der Waals surface area contributed by atoms with E-state index in [1.165, 1.54) is 18.2 Å². The molecule has 0 saturated heterocycles. The first-order valence-corrected chi connectivity index (χ1v) is 5.87. The van der Waals surface area contributed by atoms with E-state index in [4.69, 9.17) is 5.11 Å². The maximum atomic E-state index is 13.2. The van der Waals surface area contributed by atoms with E-state index < -0.39 is 5.97 Å². The van der Waals surface area contributed by atoms with E-state index in [2.05, 4.69) is 0 Å². The number of hydrogen-bond donors (Lipinski definition) is 1. The van der Waals surface area contributed by atoms with Gasteiger partial charge >= 0.3 is 5.97 Å². The van der Waals surface area contributed by atoms with Gasteiger partial charge in [0.25, 0.3) is 0 Å². The van der Waals surface area contributed by atoms with Crippen molar-refractivity contribution in [1.82, 2.24) is 0 Å². The molecule has 1 fully saturated rings. The predicted molar refractivity (Wildman–Crippen MR) is 64.0 cm³/mol. The number of allylic oxidation sites excluding steroid dienone is 1. The van der Waals surface area contributed by atoms with E-state index in [-0.39, 0.29) is 11.7 Å². The van der Waals surface area contributed by atoms with Crippen LogP contribution in [0.3, 0.4) is 0 Å². The van der Waals surface area contributed by atoms with Crippen molar-refractivity contribution >= 4 is 11.5 Å². The molecule has 3 heteroatoms. The van der Waals surface area contributed by atoms with Gasteiger partial charge in [0.1, 0.15) is 5.82 Å². The molecule has 17 heavy (non-hydrogen) atoms. The Labute approximate surface area is 99.8 Å². The van der Waals surface area contributed by atoms with Crippen molar-refractivity contribution in [3.8, 4) is 0 Å². The Morgan fingerprint density at radius 3 is 2.65 bits per heavy atom. The lowest BCUT2D eigenvalue weighted by molar-refractivity contribution is -0.131. The molecule has 0 spiro atoms. The maximum Gasteiger partial charge on any atom is 0.328 e. The molecular formula is C14H15FO2. The van der Waals surface area contributed by atoms with E-state index in [0.29, 0.717) is 5.56 Å². The number of rotatable bonds is 3. The van der Waals surface area contributed by atoms with Gasteiger partial charge in [-0.1, -0.05) is 25.0 Å². The van der Waals surface area contributed by atoms with Crippen LogP contribution in [0.5, 0.6) is 0 Å². The first kappa shape index (κ1) is 11.8. The van der Waals surface area contributed by atoms with E-state index >= 15 is 0 Å². The zero-order valence-corrected chi connectivity index (χ0v) is 9.53. The van der Waals surface area contributed by atoms with Crippen molar-refractivity contribution in [1.29, 1.82) is 0 Å². The second kappa shape index (κ2) is 5.13. The summed E-state index contributed by atoms with van der Waals surface area (Å²) in [5.41, 5.74) is 1.45. The fourth-order valence-corrected chi connectivity index (χ4v) is 2.47. The minimum Gasteiger partial charge on any atom is -0.478 e. The smallest absolute Gasteiger partial charge is 0.328 e. The molecule has 1 aromatic carbocycles. The Hall–Kier alpha value is -1.64. The van der Waals surface area contributed by atoms with Gasteiger partial charge in [0.15, 0.2) is 0 Å². The standard InChI is InChI=1S/C14H15FO2/c15-12-7-3-6-11(8-12)13(9-14(16)17)10-4-1-2-5-10/h3,6-10H,1-2,4-5H2,(H,16,17)/b13-9+. The first-order valence-electron chi connectivity index (χ1n) is 5.87. The summed E-state index contributed by atoms with van der Waals surface area (Å²) in [5, 5.41) is 8.90. The fourth-order valence-electron chi connectivity index (χ4n) is 2.47. The van der Waals surface area contributed by atoms with Gasteiger partial charge in [-0.3, -0.25) is 0 Å². The number of carboxylic acid groups (broad SMARTS) is 1. The van der Waals surface area contributed by atoms with Crippen LogP contribution in [0.2, 0.25) is 0 Å². The van der Waals surface area contributed by atoms with Crippen molar-refractivity contribution in [2.75, 3.05) is 0 Å². The Balaban J connectivity index is 2.36. The zero-order valence-electron chi connectivity index (χ0n) is 9.53. The van der Waals surface area contributed by atoms with Crippen LogP contribution < -0.4 is 0 Å². The van der Waals surface area contributed by atoms with Gasteiger partial charge in [-0.2, -0.15) is 0 Å². The van der Waals surface area contributed by atoms with Crippen molar-refractivity contribution in [2.45, 2.75) is 25.7 Å². The fraction of sp³-hybridized carbons (Fsp3) is 0.357. The minimum absolute atomic E-state index is 0.257. The lowest BCUT2D eigenvalue weighted by Crippen LogP contribution is -2.02. The zero-order chi connectivity index (χ0) is 12.3. The molecule has 0 atom stereocenters. The number of benzene rings is 1. The SMILES string of the molecule is O=C(O)/C=C(/c1cccc(F)c1)C1CCCC1. The highest BCUT2D eigenvalue weighted by Gasteiger charge is 2.21. The molecule has 0 bridgehead atoms. The third-order valence-electron chi connectivity index (χ3n) is 3.23. The summed E-state index contributed by atoms with van der Waals surface area (Å²) in [6.07, 6.45) is 5.46. The average molecular weight is 234 g/mol. The average Bonchev–Trinajstić information content (AvgIpc) is 2.79. The van der Waals surface area contributed by atoms with Crippen LogP contribution in [-0.4, -0.2) is 11.1 Å². The molecule has 0 aliphatic heterocycles. The molecule has 0 amide bonds. The maximum absolute atomic E-state index is 13.2. The van der Waals surface area contributed by atoms with Crippen LogP contribution in [0.25, 0.3) is 5.57 Å². The van der Waals surface area contributed by atoms with E-state index in [1.54, 1.807) is 12.1 Å². The lowest BCUT2D eigenvalue weighted by Gasteiger charge is -2.14. The molecule has 1 N–H and O–H groups in total. The Kier molecular flexibility index (Phi) is 3.57. The van der Waals surface area contributed by atoms with Crippen molar-refractivity contribution < 1.29 is 14.3 Å². The highest BCUT2D eigenvalue weighted by Crippen LogP contribution is 2.36. The van der Waals surface area contributed by atoms with Gasteiger partial charge in [-0.15, -0.1) is 0 Å². The van der Waals surface area contributed by atoms with E-state index in [0.717, 1.165) is 31.3 Å². The van der Waals surface area contributed by atoms with Gasteiger partial charge in [-0.25, -0.2) is 9.18 Å². The number of carbonyl (C=O) groups is 1. The molecule has 1 aliphatic rings. The molecule has 90 valence electrons. The number of aliphatic carboxylic acids is 1. The summed E-state index contributed by atoms with van der Waals surface area (Å²) in [6, 6.07) is 6.18. The summed E-state index contributed by atoms with van der Waals surface area (Å²) < 4.78 is 13.2. The summed E-state index contributed by atoms with van der Waals surface area (Å²) in [5.74, 6) is -1.03. The monoisotopic (exact) mass is 234 g/mol. The van der Waals surface area contributed by atoms with Gasteiger partial charge in [0, 0.05) is 6.08 Å². The van der Waals surface area contributed by atoms with Crippen molar-refractivity contribution in [2.24, 2.45) is 5.92 Å². The van der Waals surface area contributed by atoms with Crippen LogP contribution in [0.1, 0.15) is 31.2 Å².